The van der Waals surface area contributed by atoms with E-state index in [9.17, 15) is 0 Å². The predicted molar refractivity (Wildman–Crippen MR) is 175 cm³/mol. The highest BCUT2D eigenvalue weighted by Crippen LogP contribution is 2.53. The highest BCUT2D eigenvalue weighted by molar-refractivity contribution is 6.32. The highest BCUT2D eigenvalue weighted by atomic mass is 35.5. The van der Waals surface area contributed by atoms with Crippen molar-refractivity contribution in [2.75, 3.05) is 6.61 Å². The van der Waals surface area contributed by atoms with Crippen LogP contribution in [0.15, 0.2) is 97.1 Å². The van der Waals surface area contributed by atoms with E-state index < -0.39 is 0 Å². The molecule has 0 spiro atoms. The number of aliphatic hydroxyl groups is 1. The summed E-state index contributed by atoms with van der Waals surface area (Å²) in [4.78, 5) is 10.6. The Morgan fingerprint density at radius 3 is 1.45 bits per heavy atom. The largest absolute Gasteiger partial charge is 0.397 e. The summed E-state index contributed by atoms with van der Waals surface area (Å²) >= 11 is 13.1. The molecule has 4 aromatic carbocycles. The van der Waals surface area contributed by atoms with Crippen LogP contribution in [-0.4, -0.2) is 21.7 Å². The van der Waals surface area contributed by atoms with E-state index in [4.69, 9.17) is 38.3 Å². The lowest BCUT2D eigenvalue weighted by Gasteiger charge is -2.39. The minimum atomic E-state index is 0.250. The first-order valence-corrected chi connectivity index (χ1v) is 15.3. The number of fused-ring (bicyclic) bond motifs is 8. The molecule has 0 amide bonds. The molecule has 208 valence electrons. The van der Waals surface area contributed by atoms with Gasteiger partial charge in [-0.2, -0.15) is 0 Å². The van der Waals surface area contributed by atoms with E-state index in [0.29, 0.717) is 11.8 Å². The van der Waals surface area contributed by atoms with Crippen LogP contribution in [0.5, 0.6) is 0 Å². The van der Waals surface area contributed by atoms with Gasteiger partial charge in [-0.1, -0.05) is 83.9 Å². The summed E-state index contributed by atoms with van der Waals surface area (Å²) in [5.41, 5.74) is 12.2. The monoisotopic (exact) mass is 588 g/mol. The number of halogens is 2. The Labute approximate surface area is 255 Å². The average molecular weight is 590 g/mol. The number of nitrogens with zero attached hydrogens (tertiary/aromatic N) is 2. The van der Waals surface area contributed by atoms with Crippen molar-refractivity contribution in [1.82, 2.24) is 9.97 Å². The van der Waals surface area contributed by atoms with E-state index in [1.54, 1.807) is 6.92 Å². The fourth-order valence-electron chi connectivity index (χ4n) is 7.04. The number of pyridine rings is 2. The molecule has 2 heterocycles. The Kier molecular flexibility index (Phi) is 7.19. The van der Waals surface area contributed by atoms with Crippen LogP contribution in [0.25, 0.3) is 44.1 Å². The van der Waals surface area contributed by atoms with E-state index in [2.05, 4.69) is 84.9 Å². The summed E-state index contributed by atoms with van der Waals surface area (Å²) in [5.74, 6) is 0.691. The molecule has 2 aliphatic carbocycles. The average Bonchev–Trinajstić information content (AvgIpc) is 3.00. The van der Waals surface area contributed by atoms with Gasteiger partial charge in [-0.05, 0) is 108 Å². The number of hydrogen-bond donors (Lipinski definition) is 1. The fraction of sp³-hybridized carbons (Fsp3) is 0.189. The standard InChI is InChI=1S/C35H24Cl2N2.C2H6O/c36-24-11-13-28-26(18-24)32(20-7-3-1-4-8-20)34-22-15-23(17-30(34)38-28)35-31(16-22)39-29-14-12-25(37)19-27(29)33(35)21-9-5-2-6-10-21;1-2-3/h1-14,18-19,22-23H,15-17H2;3H,2H2,1H3/t22-,23-;/m1./s1. The Bertz CT molecular complexity index is 1800. The molecule has 2 bridgehead atoms. The second-order valence-corrected chi connectivity index (χ2v) is 12.0. The predicted octanol–water partition coefficient (Wildman–Crippen LogP) is 9.79. The van der Waals surface area contributed by atoms with E-state index in [-0.39, 0.29) is 6.61 Å². The summed E-state index contributed by atoms with van der Waals surface area (Å²) in [6.07, 6.45) is 2.87. The summed E-state index contributed by atoms with van der Waals surface area (Å²) in [6, 6.07) is 33.6. The molecule has 0 radical (unpaired) electrons. The van der Waals surface area contributed by atoms with Gasteiger partial charge in [-0.25, -0.2) is 0 Å². The number of aromatic nitrogens is 2. The van der Waals surface area contributed by atoms with Crippen molar-refractivity contribution in [3.63, 3.8) is 0 Å². The summed E-state index contributed by atoms with van der Waals surface area (Å²) in [5, 5.41) is 11.3. The van der Waals surface area contributed by atoms with Crippen LogP contribution in [-0.2, 0) is 12.8 Å². The molecule has 6 aromatic rings. The number of benzene rings is 4. The molecule has 0 saturated heterocycles. The molecule has 0 unspecified atom stereocenters. The number of hydrogen-bond acceptors (Lipinski definition) is 3. The van der Waals surface area contributed by atoms with Crippen LogP contribution in [0, 0.1) is 0 Å². The van der Waals surface area contributed by atoms with Crippen LogP contribution >= 0.6 is 23.2 Å². The van der Waals surface area contributed by atoms with Crippen molar-refractivity contribution in [1.29, 1.82) is 0 Å². The van der Waals surface area contributed by atoms with E-state index in [0.717, 1.165) is 51.1 Å². The van der Waals surface area contributed by atoms with E-state index >= 15 is 0 Å². The maximum atomic E-state index is 7.57. The van der Waals surface area contributed by atoms with Gasteiger partial charge in [0.25, 0.3) is 0 Å². The van der Waals surface area contributed by atoms with Crippen molar-refractivity contribution in [3.8, 4) is 22.3 Å². The lowest BCUT2D eigenvalue weighted by Crippen LogP contribution is -2.28. The van der Waals surface area contributed by atoms with Gasteiger partial charge in [0.1, 0.15) is 0 Å². The fourth-order valence-corrected chi connectivity index (χ4v) is 7.39. The van der Waals surface area contributed by atoms with Gasteiger partial charge in [-0.3, -0.25) is 9.97 Å². The molecule has 1 N–H and O–H groups in total. The summed E-state index contributed by atoms with van der Waals surface area (Å²) in [7, 11) is 0. The molecule has 42 heavy (non-hydrogen) atoms. The minimum absolute atomic E-state index is 0.250. The second-order valence-electron chi connectivity index (χ2n) is 11.1. The smallest absolute Gasteiger partial charge is 0.0712 e. The maximum Gasteiger partial charge on any atom is 0.0712 e. The van der Waals surface area contributed by atoms with Gasteiger partial charge in [0, 0.05) is 38.8 Å². The van der Waals surface area contributed by atoms with Crippen molar-refractivity contribution < 1.29 is 5.11 Å². The molecule has 0 fully saturated rings. The molecule has 2 aromatic heterocycles. The SMILES string of the molecule is CCO.Clc1ccc2nc3c(c(-c4ccccc4)c2c1)[C@H]1Cc2nc4ccc(Cl)cc4c(-c4ccccc4)c2[C@@H](C3)C1. The lowest BCUT2D eigenvalue weighted by atomic mass is 9.66. The molecule has 0 saturated carbocycles. The van der Waals surface area contributed by atoms with Crippen LogP contribution in [0.4, 0.5) is 0 Å². The molecule has 5 heteroatoms. The molecule has 2 aliphatic rings. The Morgan fingerprint density at radius 1 is 0.643 bits per heavy atom. The van der Waals surface area contributed by atoms with Crippen LogP contribution < -0.4 is 0 Å². The molecular weight excluding hydrogens is 559 g/mol. The first-order valence-electron chi connectivity index (χ1n) is 14.5. The quantitative estimate of drug-likeness (QED) is 0.219. The lowest BCUT2D eigenvalue weighted by molar-refractivity contribution is 0.318. The third-order valence-corrected chi connectivity index (χ3v) is 8.99. The van der Waals surface area contributed by atoms with Crippen LogP contribution in [0.1, 0.15) is 47.7 Å². The van der Waals surface area contributed by atoms with Gasteiger partial charge in [0.05, 0.1) is 11.0 Å². The van der Waals surface area contributed by atoms with Crippen molar-refractivity contribution in [3.05, 3.63) is 130 Å². The minimum Gasteiger partial charge on any atom is -0.397 e. The zero-order chi connectivity index (χ0) is 28.8. The third kappa shape index (κ3) is 4.66. The summed E-state index contributed by atoms with van der Waals surface area (Å²) in [6.45, 7) is 1.93. The molecule has 8 rings (SSSR count). The van der Waals surface area contributed by atoms with Gasteiger partial charge in [-0.15, -0.1) is 0 Å². The topological polar surface area (TPSA) is 46.0 Å². The van der Waals surface area contributed by atoms with Crippen molar-refractivity contribution in [2.45, 2.75) is 38.0 Å². The molecular formula is C37H30Cl2N2O. The first-order chi connectivity index (χ1) is 20.6. The Hall–Kier alpha value is -3.76. The molecule has 3 nitrogen and oxygen atoms in total. The zero-order valence-corrected chi connectivity index (χ0v) is 24.8. The van der Waals surface area contributed by atoms with Gasteiger partial charge < -0.3 is 5.11 Å². The highest BCUT2D eigenvalue weighted by Gasteiger charge is 2.39. The maximum absolute atomic E-state index is 7.57. The zero-order valence-electron chi connectivity index (χ0n) is 23.3. The Balaban J connectivity index is 0.000000923. The third-order valence-electron chi connectivity index (χ3n) is 8.52. The summed E-state index contributed by atoms with van der Waals surface area (Å²) < 4.78 is 0. The normalized spacial score (nSPS) is 16.9. The van der Waals surface area contributed by atoms with Crippen LogP contribution in [0.3, 0.4) is 0 Å². The van der Waals surface area contributed by atoms with E-state index in [1.165, 1.54) is 44.8 Å². The van der Waals surface area contributed by atoms with Crippen molar-refractivity contribution >= 4 is 45.0 Å². The van der Waals surface area contributed by atoms with Gasteiger partial charge in [0.2, 0.25) is 0 Å². The van der Waals surface area contributed by atoms with Crippen LogP contribution in [0.2, 0.25) is 10.0 Å². The van der Waals surface area contributed by atoms with Gasteiger partial charge in [0.15, 0.2) is 0 Å². The van der Waals surface area contributed by atoms with E-state index in [1.807, 2.05) is 12.1 Å². The van der Waals surface area contributed by atoms with Crippen molar-refractivity contribution in [2.24, 2.45) is 0 Å². The molecule has 2 atom stereocenters. The number of aliphatic hydroxyl groups excluding tert-OH is 1. The van der Waals surface area contributed by atoms with Gasteiger partial charge >= 0.3 is 0 Å². The first kappa shape index (κ1) is 27.1. The second kappa shape index (κ2) is 11.1. The Morgan fingerprint density at radius 2 is 1.05 bits per heavy atom. The molecule has 0 aliphatic heterocycles. The number of rotatable bonds is 2.